The summed E-state index contributed by atoms with van der Waals surface area (Å²) in [5, 5.41) is 11.7. The molecule has 1 heterocycles. The molecule has 2 rings (SSSR count). The molecular weight excluding hydrogens is 268 g/mol. The summed E-state index contributed by atoms with van der Waals surface area (Å²) < 4.78 is 0. The van der Waals surface area contributed by atoms with E-state index in [1.54, 1.807) is 24.3 Å². The summed E-state index contributed by atoms with van der Waals surface area (Å²) >= 11 is 0. The van der Waals surface area contributed by atoms with E-state index in [-0.39, 0.29) is 12.5 Å². The van der Waals surface area contributed by atoms with Crippen LogP contribution < -0.4 is 5.32 Å². The Labute approximate surface area is 125 Å². The molecule has 1 aliphatic heterocycles. The van der Waals surface area contributed by atoms with E-state index in [2.05, 4.69) is 19.2 Å². The molecule has 114 valence electrons. The summed E-state index contributed by atoms with van der Waals surface area (Å²) in [6.45, 7) is 5.85. The number of hydrogen-bond acceptors (Lipinski definition) is 2. The van der Waals surface area contributed by atoms with Crippen LogP contribution in [0.2, 0.25) is 0 Å². The van der Waals surface area contributed by atoms with Gasteiger partial charge in [-0.05, 0) is 36.0 Å². The fourth-order valence-electron chi connectivity index (χ4n) is 2.96. The van der Waals surface area contributed by atoms with E-state index in [9.17, 15) is 9.59 Å². The van der Waals surface area contributed by atoms with Crippen molar-refractivity contribution in [2.45, 2.75) is 26.7 Å². The van der Waals surface area contributed by atoms with Crippen molar-refractivity contribution < 1.29 is 14.7 Å². The number of anilines is 1. The normalized spacial score (nSPS) is 21.9. The zero-order chi connectivity index (χ0) is 15.4. The van der Waals surface area contributed by atoms with Crippen molar-refractivity contribution in [3.05, 3.63) is 29.8 Å². The van der Waals surface area contributed by atoms with Crippen LogP contribution in [0.25, 0.3) is 0 Å². The highest BCUT2D eigenvalue weighted by atomic mass is 16.4. The number of carboxylic acid groups (broad SMARTS) is 1. The highest BCUT2D eigenvalue weighted by molar-refractivity contribution is 5.89. The standard InChI is InChI=1S/C16H22N2O3/c1-11-6-12(2)10-18(9-11)16(21)17-14-5-3-4-13(7-14)8-15(19)20/h3-5,7,11-12H,6,8-10H2,1-2H3,(H,17,21)(H,19,20). The highest BCUT2D eigenvalue weighted by Crippen LogP contribution is 2.22. The maximum Gasteiger partial charge on any atom is 0.321 e. The number of carbonyl (C=O) groups excluding carboxylic acids is 1. The molecule has 2 unspecified atom stereocenters. The van der Waals surface area contributed by atoms with E-state index in [1.165, 1.54) is 0 Å². The average Bonchev–Trinajstić information content (AvgIpc) is 2.37. The van der Waals surface area contributed by atoms with Gasteiger partial charge in [-0.3, -0.25) is 4.79 Å². The molecule has 1 fully saturated rings. The number of carbonyl (C=O) groups is 2. The lowest BCUT2D eigenvalue weighted by atomic mass is 9.92. The summed E-state index contributed by atoms with van der Waals surface area (Å²) in [4.78, 5) is 24.9. The summed E-state index contributed by atoms with van der Waals surface area (Å²) in [6.07, 6.45) is 1.11. The number of hydrogen-bond donors (Lipinski definition) is 2. The highest BCUT2D eigenvalue weighted by Gasteiger charge is 2.25. The predicted molar refractivity (Wildman–Crippen MR) is 81.3 cm³/mol. The summed E-state index contributed by atoms with van der Waals surface area (Å²) in [6, 6.07) is 6.88. The van der Waals surface area contributed by atoms with E-state index >= 15 is 0 Å². The second-order valence-electron chi connectivity index (χ2n) is 6.05. The predicted octanol–water partition coefficient (Wildman–Crippen LogP) is 2.82. The lowest BCUT2D eigenvalue weighted by molar-refractivity contribution is -0.136. The molecule has 1 saturated heterocycles. The van der Waals surface area contributed by atoms with Gasteiger partial charge < -0.3 is 15.3 Å². The first-order chi connectivity index (χ1) is 9.94. The van der Waals surface area contributed by atoms with Crippen molar-refractivity contribution in [1.29, 1.82) is 0 Å². The van der Waals surface area contributed by atoms with Gasteiger partial charge in [0, 0.05) is 18.8 Å². The van der Waals surface area contributed by atoms with Gasteiger partial charge in [-0.2, -0.15) is 0 Å². The Kier molecular flexibility index (Phi) is 4.83. The Balaban J connectivity index is 2.00. The number of piperidine rings is 1. The largest absolute Gasteiger partial charge is 0.481 e. The lowest BCUT2D eigenvalue weighted by Gasteiger charge is -2.34. The van der Waals surface area contributed by atoms with Gasteiger partial charge in [0.2, 0.25) is 0 Å². The van der Waals surface area contributed by atoms with Crippen molar-refractivity contribution in [3.8, 4) is 0 Å². The third-order valence-corrected chi connectivity index (χ3v) is 3.69. The van der Waals surface area contributed by atoms with E-state index in [4.69, 9.17) is 5.11 Å². The molecule has 2 N–H and O–H groups in total. The van der Waals surface area contributed by atoms with Gasteiger partial charge in [-0.25, -0.2) is 4.79 Å². The molecule has 5 heteroatoms. The Morgan fingerprint density at radius 2 is 1.95 bits per heavy atom. The Morgan fingerprint density at radius 1 is 1.29 bits per heavy atom. The Hall–Kier alpha value is -2.04. The van der Waals surface area contributed by atoms with E-state index in [0.29, 0.717) is 23.1 Å². The average molecular weight is 290 g/mol. The number of nitrogens with zero attached hydrogens (tertiary/aromatic N) is 1. The smallest absolute Gasteiger partial charge is 0.321 e. The molecule has 0 aliphatic carbocycles. The van der Waals surface area contributed by atoms with Crippen molar-refractivity contribution >= 4 is 17.7 Å². The summed E-state index contributed by atoms with van der Waals surface area (Å²) in [7, 11) is 0. The molecule has 0 bridgehead atoms. The summed E-state index contributed by atoms with van der Waals surface area (Å²) in [5.41, 5.74) is 1.32. The van der Waals surface area contributed by atoms with Crippen LogP contribution in [-0.4, -0.2) is 35.1 Å². The number of nitrogens with one attached hydrogen (secondary N) is 1. The Morgan fingerprint density at radius 3 is 2.57 bits per heavy atom. The van der Waals surface area contributed by atoms with Crippen LogP contribution in [-0.2, 0) is 11.2 Å². The SMILES string of the molecule is CC1CC(C)CN(C(=O)Nc2cccc(CC(=O)O)c2)C1. The van der Waals surface area contributed by atoms with E-state index < -0.39 is 5.97 Å². The Bertz CT molecular complexity index is 520. The molecule has 1 aromatic carbocycles. The van der Waals surface area contributed by atoms with E-state index in [1.807, 2.05) is 4.90 Å². The fourth-order valence-corrected chi connectivity index (χ4v) is 2.96. The molecule has 0 spiro atoms. The molecule has 1 aromatic rings. The second kappa shape index (κ2) is 6.61. The van der Waals surface area contributed by atoms with Crippen LogP contribution in [0.4, 0.5) is 10.5 Å². The first-order valence-electron chi connectivity index (χ1n) is 7.30. The number of likely N-dealkylation sites (tertiary alicyclic amines) is 1. The van der Waals surface area contributed by atoms with Gasteiger partial charge in [0.1, 0.15) is 0 Å². The van der Waals surface area contributed by atoms with Gasteiger partial charge in [0.05, 0.1) is 6.42 Å². The first-order valence-corrected chi connectivity index (χ1v) is 7.30. The molecule has 2 amide bonds. The van der Waals surface area contributed by atoms with Crippen LogP contribution in [0.15, 0.2) is 24.3 Å². The topological polar surface area (TPSA) is 69.6 Å². The number of aliphatic carboxylic acids is 1. The van der Waals surface area contributed by atoms with Crippen molar-refractivity contribution in [3.63, 3.8) is 0 Å². The maximum atomic E-state index is 12.3. The molecular formula is C16H22N2O3. The van der Waals surface area contributed by atoms with Crippen LogP contribution in [0.3, 0.4) is 0 Å². The van der Waals surface area contributed by atoms with Crippen LogP contribution in [0.1, 0.15) is 25.8 Å². The molecule has 5 nitrogen and oxygen atoms in total. The molecule has 2 atom stereocenters. The quantitative estimate of drug-likeness (QED) is 0.899. The molecule has 21 heavy (non-hydrogen) atoms. The van der Waals surface area contributed by atoms with Gasteiger partial charge in [-0.15, -0.1) is 0 Å². The van der Waals surface area contributed by atoms with Gasteiger partial charge in [-0.1, -0.05) is 26.0 Å². The van der Waals surface area contributed by atoms with Crippen LogP contribution in [0, 0.1) is 11.8 Å². The van der Waals surface area contributed by atoms with Gasteiger partial charge >= 0.3 is 12.0 Å². The molecule has 0 radical (unpaired) electrons. The number of rotatable bonds is 3. The van der Waals surface area contributed by atoms with Crippen molar-refractivity contribution in [2.24, 2.45) is 11.8 Å². The van der Waals surface area contributed by atoms with Crippen molar-refractivity contribution in [1.82, 2.24) is 4.90 Å². The number of benzene rings is 1. The van der Waals surface area contributed by atoms with Crippen LogP contribution in [0.5, 0.6) is 0 Å². The third-order valence-electron chi connectivity index (χ3n) is 3.69. The van der Waals surface area contributed by atoms with E-state index in [0.717, 1.165) is 19.5 Å². The monoisotopic (exact) mass is 290 g/mol. The number of carboxylic acids is 1. The molecule has 1 aliphatic rings. The number of amides is 2. The number of urea groups is 1. The second-order valence-corrected chi connectivity index (χ2v) is 6.05. The summed E-state index contributed by atoms with van der Waals surface area (Å²) in [5.74, 6) is 0.146. The minimum Gasteiger partial charge on any atom is -0.481 e. The van der Waals surface area contributed by atoms with Crippen LogP contribution >= 0.6 is 0 Å². The zero-order valence-electron chi connectivity index (χ0n) is 12.5. The minimum absolute atomic E-state index is 0.0402. The first kappa shape index (κ1) is 15.4. The third kappa shape index (κ3) is 4.48. The minimum atomic E-state index is -0.878. The van der Waals surface area contributed by atoms with Gasteiger partial charge in [0.25, 0.3) is 0 Å². The zero-order valence-corrected chi connectivity index (χ0v) is 12.5. The maximum absolute atomic E-state index is 12.3. The van der Waals surface area contributed by atoms with Gasteiger partial charge in [0.15, 0.2) is 0 Å². The fraction of sp³-hybridized carbons (Fsp3) is 0.500. The lowest BCUT2D eigenvalue weighted by Crippen LogP contribution is -2.44. The molecule has 0 saturated carbocycles. The van der Waals surface area contributed by atoms with Crippen molar-refractivity contribution in [2.75, 3.05) is 18.4 Å². The molecule has 0 aromatic heterocycles.